The molecule has 266 valence electrons. The molecule has 8 aromatic carbocycles. The van der Waals surface area contributed by atoms with E-state index in [0.717, 1.165) is 78.5 Å². The second kappa shape index (κ2) is 13.8. The molecule has 0 radical (unpaired) electrons. The maximum Gasteiger partial charge on any atom is 0.111 e. The molecule has 56 heavy (non-hydrogen) atoms. The lowest BCUT2D eigenvalue weighted by Gasteiger charge is -2.25. The standard InChI is InChI=1S/C52H38N4/c1-35-53-45-29-13-15-31-47(45)55(35)49-33-17-27-43(41-25-11-9-23-39(41)37-19-5-3-6-20-37)51(49)52-44(42-26-12-10-24-40(42)38-21-7-4-8-22-38)28-18-34-50(52)56-36(2)54-46-30-14-16-32-48(46)56/h3-34H,1-2H3. The summed E-state index contributed by atoms with van der Waals surface area (Å²) in [5, 5.41) is 0. The van der Waals surface area contributed by atoms with Crippen LogP contribution in [0, 0.1) is 13.8 Å². The van der Waals surface area contributed by atoms with Gasteiger partial charge in [-0.3, -0.25) is 9.13 Å². The van der Waals surface area contributed by atoms with Gasteiger partial charge in [-0.25, -0.2) is 9.97 Å². The highest BCUT2D eigenvalue weighted by Crippen LogP contribution is 2.49. The zero-order valence-corrected chi connectivity index (χ0v) is 31.3. The lowest BCUT2D eigenvalue weighted by Crippen LogP contribution is -2.07. The Labute approximate surface area is 326 Å². The van der Waals surface area contributed by atoms with Crippen LogP contribution >= 0.6 is 0 Å². The first-order chi connectivity index (χ1) is 27.7. The smallest absolute Gasteiger partial charge is 0.111 e. The lowest BCUT2D eigenvalue weighted by molar-refractivity contribution is 0.992. The SMILES string of the molecule is Cc1nc2ccccc2n1-c1cccc(-c2ccccc2-c2ccccc2)c1-c1c(-c2ccccc2-c2ccccc2)cccc1-n1c(C)nc2ccccc21. The summed E-state index contributed by atoms with van der Waals surface area (Å²) in [5.41, 5.74) is 17.7. The van der Waals surface area contributed by atoms with Crippen LogP contribution in [0.4, 0.5) is 0 Å². The van der Waals surface area contributed by atoms with E-state index in [0.29, 0.717) is 0 Å². The van der Waals surface area contributed by atoms with Gasteiger partial charge in [0.15, 0.2) is 0 Å². The molecule has 10 rings (SSSR count). The maximum atomic E-state index is 5.10. The minimum absolute atomic E-state index is 0.925. The van der Waals surface area contributed by atoms with Crippen LogP contribution in [0.15, 0.2) is 194 Å². The average molecular weight is 719 g/mol. The first-order valence-electron chi connectivity index (χ1n) is 19.1. The van der Waals surface area contributed by atoms with Gasteiger partial charge in [-0.05, 0) is 94.8 Å². The van der Waals surface area contributed by atoms with E-state index in [2.05, 4.69) is 217 Å². The Balaban J connectivity index is 1.40. The second-order valence-corrected chi connectivity index (χ2v) is 14.2. The molecule has 2 aromatic heterocycles. The quantitative estimate of drug-likeness (QED) is 0.164. The first-order valence-corrected chi connectivity index (χ1v) is 19.1. The predicted octanol–water partition coefficient (Wildman–Crippen LogP) is 13.3. The number of nitrogens with zero attached hydrogens (tertiary/aromatic N) is 4. The summed E-state index contributed by atoms with van der Waals surface area (Å²) < 4.78 is 4.67. The molecule has 0 aliphatic heterocycles. The maximum absolute atomic E-state index is 5.10. The van der Waals surface area contributed by atoms with Crippen molar-refractivity contribution < 1.29 is 0 Å². The van der Waals surface area contributed by atoms with Gasteiger partial charge in [0.1, 0.15) is 11.6 Å². The summed E-state index contributed by atoms with van der Waals surface area (Å²) >= 11 is 0. The zero-order chi connectivity index (χ0) is 37.6. The largest absolute Gasteiger partial charge is 0.296 e. The molecule has 10 aromatic rings. The lowest BCUT2D eigenvalue weighted by atomic mass is 9.83. The van der Waals surface area contributed by atoms with Gasteiger partial charge in [-0.1, -0.05) is 158 Å². The van der Waals surface area contributed by atoms with E-state index >= 15 is 0 Å². The van der Waals surface area contributed by atoms with Gasteiger partial charge in [0.25, 0.3) is 0 Å². The first kappa shape index (κ1) is 33.3. The van der Waals surface area contributed by atoms with Crippen LogP contribution in [0.5, 0.6) is 0 Å². The topological polar surface area (TPSA) is 35.6 Å². The molecule has 0 spiro atoms. The molecule has 0 bridgehead atoms. The summed E-state index contributed by atoms with van der Waals surface area (Å²) in [6, 6.07) is 69.4. The van der Waals surface area contributed by atoms with Gasteiger partial charge < -0.3 is 0 Å². The van der Waals surface area contributed by atoms with Crippen molar-refractivity contribution in [3.63, 3.8) is 0 Å². The fourth-order valence-electron chi connectivity index (χ4n) is 8.50. The molecule has 4 nitrogen and oxygen atoms in total. The highest BCUT2D eigenvalue weighted by Gasteiger charge is 2.26. The number of rotatable bonds is 7. The van der Waals surface area contributed by atoms with Crippen molar-refractivity contribution in [3.05, 3.63) is 206 Å². The number of aromatic nitrogens is 4. The normalized spacial score (nSPS) is 11.4. The molecular weight excluding hydrogens is 681 g/mol. The van der Waals surface area contributed by atoms with E-state index in [9.17, 15) is 0 Å². The van der Waals surface area contributed by atoms with Crippen molar-refractivity contribution in [2.24, 2.45) is 0 Å². The van der Waals surface area contributed by atoms with Gasteiger partial charge >= 0.3 is 0 Å². The van der Waals surface area contributed by atoms with Crippen LogP contribution in [0.25, 0.3) is 89.1 Å². The fourth-order valence-corrected chi connectivity index (χ4v) is 8.50. The Morgan fingerprint density at radius 1 is 0.304 bits per heavy atom. The molecular formula is C52H38N4. The molecule has 0 aliphatic rings. The fraction of sp³-hybridized carbons (Fsp3) is 0.0385. The van der Waals surface area contributed by atoms with Crippen molar-refractivity contribution in [3.8, 4) is 67.0 Å². The van der Waals surface area contributed by atoms with E-state index in [4.69, 9.17) is 9.97 Å². The number of benzene rings is 8. The van der Waals surface area contributed by atoms with Gasteiger partial charge in [0.2, 0.25) is 0 Å². The number of imidazole rings is 2. The van der Waals surface area contributed by atoms with Crippen molar-refractivity contribution in [1.29, 1.82) is 0 Å². The van der Waals surface area contributed by atoms with Crippen LogP contribution in [-0.4, -0.2) is 19.1 Å². The van der Waals surface area contributed by atoms with Crippen LogP contribution in [0.1, 0.15) is 11.6 Å². The van der Waals surface area contributed by atoms with Gasteiger partial charge in [-0.15, -0.1) is 0 Å². The number of hydrogen-bond donors (Lipinski definition) is 0. The highest BCUT2D eigenvalue weighted by molar-refractivity contribution is 6.05. The van der Waals surface area contributed by atoms with Crippen molar-refractivity contribution >= 4 is 22.1 Å². The van der Waals surface area contributed by atoms with Gasteiger partial charge in [-0.2, -0.15) is 0 Å². The second-order valence-electron chi connectivity index (χ2n) is 14.2. The Morgan fingerprint density at radius 3 is 1.07 bits per heavy atom. The number of para-hydroxylation sites is 4. The molecule has 0 amide bonds. The third kappa shape index (κ3) is 5.54. The van der Waals surface area contributed by atoms with E-state index < -0.39 is 0 Å². The molecule has 2 heterocycles. The van der Waals surface area contributed by atoms with Gasteiger partial charge in [0, 0.05) is 11.1 Å². The van der Waals surface area contributed by atoms with Crippen LogP contribution in [0.3, 0.4) is 0 Å². The summed E-state index contributed by atoms with van der Waals surface area (Å²) in [5.74, 6) is 1.85. The predicted molar refractivity (Wildman–Crippen MR) is 232 cm³/mol. The van der Waals surface area contributed by atoms with Crippen molar-refractivity contribution in [1.82, 2.24) is 19.1 Å². The molecule has 4 heteroatoms. The third-order valence-electron chi connectivity index (χ3n) is 10.9. The number of aryl methyl sites for hydroxylation is 2. The molecule has 0 unspecified atom stereocenters. The molecule has 0 fully saturated rings. The monoisotopic (exact) mass is 718 g/mol. The van der Waals surface area contributed by atoms with Crippen molar-refractivity contribution in [2.75, 3.05) is 0 Å². The average Bonchev–Trinajstić information content (AvgIpc) is 3.78. The number of fused-ring (bicyclic) bond motifs is 2. The zero-order valence-electron chi connectivity index (χ0n) is 31.3. The molecule has 0 saturated heterocycles. The van der Waals surface area contributed by atoms with Crippen LogP contribution in [-0.2, 0) is 0 Å². The summed E-state index contributed by atoms with van der Waals surface area (Å²) in [4.78, 5) is 10.2. The van der Waals surface area contributed by atoms with Crippen LogP contribution in [0.2, 0.25) is 0 Å². The Bertz CT molecular complexity index is 2830. The Hall–Kier alpha value is -7.30. The van der Waals surface area contributed by atoms with E-state index in [-0.39, 0.29) is 0 Å². The molecule has 0 aliphatic carbocycles. The molecule has 0 N–H and O–H groups in total. The third-order valence-corrected chi connectivity index (χ3v) is 10.9. The Morgan fingerprint density at radius 2 is 0.643 bits per heavy atom. The van der Waals surface area contributed by atoms with E-state index in [1.165, 1.54) is 22.3 Å². The number of hydrogen-bond acceptors (Lipinski definition) is 2. The molecule has 0 saturated carbocycles. The van der Waals surface area contributed by atoms with Crippen molar-refractivity contribution in [2.45, 2.75) is 13.8 Å². The van der Waals surface area contributed by atoms with Crippen LogP contribution < -0.4 is 0 Å². The summed E-state index contributed by atoms with van der Waals surface area (Å²) in [7, 11) is 0. The highest BCUT2D eigenvalue weighted by atomic mass is 15.1. The van der Waals surface area contributed by atoms with E-state index in [1.807, 2.05) is 0 Å². The minimum atomic E-state index is 0.925. The summed E-state index contributed by atoms with van der Waals surface area (Å²) in [6.45, 7) is 4.22. The molecule has 0 atom stereocenters. The Kier molecular flexibility index (Phi) is 8.23. The van der Waals surface area contributed by atoms with Gasteiger partial charge in [0.05, 0.1) is 33.4 Å². The summed E-state index contributed by atoms with van der Waals surface area (Å²) in [6.07, 6.45) is 0. The van der Waals surface area contributed by atoms with E-state index in [1.54, 1.807) is 0 Å². The minimum Gasteiger partial charge on any atom is -0.296 e.